The van der Waals surface area contributed by atoms with Crippen LogP contribution in [0.25, 0.3) is 0 Å². The number of methoxy groups -OCH3 is 1. The average Bonchev–Trinajstić information content (AvgIpc) is 2.17. The van der Waals surface area contributed by atoms with E-state index in [2.05, 4.69) is 5.32 Å². The van der Waals surface area contributed by atoms with Gasteiger partial charge in [-0.2, -0.15) is 0 Å². The normalized spacial score (nSPS) is 10.1. The van der Waals surface area contributed by atoms with Crippen molar-refractivity contribution < 1.29 is 9.84 Å². The molecule has 0 amide bonds. The third-order valence-electron chi connectivity index (χ3n) is 1.86. The van der Waals surface area contributed by atoms with Crippen molar-refractivity contribution in [3.8, 4) is 0 Å². The van der Waals surface area contributed by atoms with Crippen molar-refractivity contribution >= 4 is 11.4 Å². The Kier molecular flexibility index (Phi) is 4.22. The van der Waals surface area contributed by atoms with Gasteiger partial charge in [0.1, 0.15) is 0 Å². The maximum atomic E-state index is 8.68. The molecule has 4 N–H and O–H groups in total. The van der Waals surface area contributed by atoms with E-state index < -0.39 is 0 Å². The van der Waals surface area contributed by atoms with Gasteiger partial charge in [-0.3, -0.25) is 0 Å². The zero-order chi connectivity index (χ0) is 10.4. The highest BCUT2D eigenvalue weighted by molar-refractivity contribution is 5.57. The second kappa shape index (κ2) is 5.47. The molecule has 0 aromatic heterocycles. The standard InChI is InChI=1S/C10H16N2O2/c1-14-7-8-6-9(11)2-3-10(8)12-4-5-13/h2-3,6,12-13H,4-5,7,11H2,1H3. The highest BCUT2D eigenvalue weighted by atomic mass is 16.5. The summed E-state index contributed by atoms with van der Waals surface area (Å²) in [6, 6.07) is 5.57. The van der Waals surface area contributed by atoms with Crippen LogP contribution in [0.4, 0.5) is 11.4 Å². The summed E-state index contributed by atoms with van der Waals surface area (Å²) in [7, 11) is 1.64. The maximum absolute atomic E-state index is 8.68. The molecular weight excluding hydrogens is 180 g/mol. The molecule has 0 atom stereocenters. The number of rotatable bonds is 5. The second-order valence-electron chi connectivity index (χ2n) is 3.00. The highest BCUT2D eigenvalue weighted by Gasteiger charge is 2.01. The molecule has 0 aliphatic heterocycles. The summed E-state index contributed by atoms with van der Waals surface area (Å²) in [6.07, 6.45) is 0. The number of benzene rings is 1. The van der Waals surface area contributed by atoms with Gasteiger partial charge >= 0.3 is 0 Å². The Hall–Kier alpha value is -1.26. The number of nitrogens with two attached hydrogens (primary N) is 1. The van der Waals surface area contributed by atoms with Crippen molar-refractivity contribution in [1.29, 1.82) is 0 Å². The van der Waals surface area contributed by atoms with E-state index in [9.17, 15) is 0 Å². The molecule has 0 aliphatic carbocycles. The maximum Gasteiger partial charge on any atom is 0.0733 e. The molecule has 0 heterocycles. The Morgan fingerprint density at radius 3 is 2.93 bits per heavy atom. The van der Waals surface area contributed by atoms with Gasteiger partial charge in [-0.25, -0.2) is 0 Å². The molecule has 0 saturated carbocycles. The molecule has 4 nitrogen and oxygen atoms in total. The van der Waals surface area contributed by atoms with Gasteiger partial charge < -0.3 is 20.9 Å². The van der Waals surface area contributed by atoms with Crippen LogP contribution in [0.5, 0.6) is 0 Å². The zero-order valence-electron chi connectivity index (χ0n) is 8.29. The van der Waals surface area contributed by atoms with Crippen molar-refractivity contribution in [3.63, 3.8) is 0 Å². The lowest BCUT2D eigenvalue weighted by Crippen LogP contribution is -2.08. The van der Waals surface area contributed by atoms with Gasteiger partial charge in [0.15, 0.2) is 0 Å². The topological polar surface area (TPSA) is 67.5 Å². The van der Waals surface area contributed by atoms with E-state index in [-0.39, 0.29) is 6.61 Å². The molecule has 0 unspecified atom stereocenters. The van der Waals surface area contributed by atoms with Crippen molar-refractivity contribution in [2.24, 2.45) is 0 Å². The van der Waals surface area contributed by atoms with E-state index in [1.165, 1.54) is 0 Å². The molecular formula is C10H16N2O2. The largest absolute Gasteiger partial charge is 0.399 e. The van der Waals surface area contributed by atoms with E-state index in [1.807, 2.05) is 18.2 Å². The summed E-state index contributed by atoms with van der Waals surface area (Å²) in [5, 5.41) is 11.8. The lowest BCUT2D eigenvalue weighted by atomic mass is 10.1. The van der Waals surface area contributed by atoms with Crippen LogP contribution < -0.4 is 11.1 Å². The molecule has 0 radical (unpaired) electrons. The fourth-order valence-electron chi connectivity index (χ4n) is 1.25. The fourth-order valence-corrected chi connectivity index (χ4v) is 1.25. The monoisotopic (exact) mass is 196 g/mol. The molecule has 4 heteroatoms. The predicted octanol–water partition coefficient (Wildman–Crippen LogP) is 0.819. The number of hydrogen-bond acceptors (Lipinski definition) is 4. The van der Waals surface area contributed by atoms with Crippen LogP contribution in [0.3, 0.4) is 0 Å². The van der Waals surface area contributed by atoms with Gasteiger partial charge in [0, 0.05) is 30.6 Å². The van der Waals surface area contributed by atoms with Crippen LogP contribution in [-0.2, 0) is 11.3 Å². The van der Waals surface area contributed by atoms with Crippen LogP contribution in [0, 0.1) is 0 Å². The van der Waals surface area contributed by atoms with Crippen molar-refractivity contribution in [3.05, 3.63) is 23.8 Å². The Morgan fingerprint density at radius 2 is 2.29 bits per heavy atom. The molecule has 0 spiro atoms. The van der Waals surface area contributed by atoms with Gasteiger partial charge in [0.2, 0.25) is 0 Å². The minimum Gasteiger partial charge on any atom is -0.399 e. The highest BCUT2D eigenvalue weighted by Crippen LogP contribution is 2.19. The fraction of sp³-hybridized carbons (Fsp3) is 0.400. The molecule has 1 aromatic carbocycles. The van der Waals surface area contributed by atoms with Crippen molar-refractivity contribution in [2.75, 3.05) is 31.3 Å². The van der Waals surface area contributed by atoms with Crippen LogP contribution in [0.1, 0.15) is 5.56 Å². The number of anilines is 2. The summed E-state index contributed by atoms with van der Waals surface area (Å²) >= 11 is 0. The summed E-state index contributed by atoms with van der Waals surface area (Å²) in [5.74, 6) is 0. The Bertz CT molecular complexity index is 289. The van der Waals surface area contributed by atoms with Crippen LogP contribution in [-0.4, -0.2) is 25.4 Å². The summed E-state index contributed by atoms with van der Waals surface area (Å²) < 4.78 is 5.05. The van der Waals surface area contributed by atoms with Gasteiger partial charge in [-0.15, -0.1) is 0 Å². The van der Waals surface area contributed by atoms with E-state index in [0.717, 1.165) is 11.3 Å². The van der Waals surface area contributed by atoms with Crippen LogP contribution >= 0.6 is 0 Å². The summed E-state index contributed by atoms with van der Waals surface area (Å²) in [4.78, 5) is 0. The lowest BCUT2D eigenvalue weighted by molar-refractivity contribution is 0.185. The third kappa shape index (κ3) is 2.90. The smallest absolute Gasteiger partial charge is 0.0733 e. The quantitative estimate of drug-likeness (QED) is 0.610. The predicted molar refractivity (Wildman–Crippen MR) is 57.1 cm³/mol. The molecule has 0 fully saturated rings. The van der Waals surface area contributed by atoms with Crippen LogP contribution in [0.2, 0.25) is 0 Å². The van der Waals surface area contributed by atoms with Gasteiger partial charge in [0.05, 0.1) is 13.2 Å². The first kappa shape index (κ1) is 10.8. The lowest BCUT2D eigenvalue weighted by Gasteiger charge is -2.11. The molecule has 1 aromatic rings. The minimum atomic E-state index is 0.108. The van der Waals surface area contributed by atoms with Gasteiger partial charge in [-0.1, -0.05) is 0 Å². The minimum absolute atomic E-state index is 0.108. The third-order valence-corrected chi connectivity index (χ3v) is 1.86. The number of nitrogen functional groups attached to an aromatic ring is 1. The summed E-state index contributed by atoms with van der Waals surface area (Å²) in [6.45, 7) is 1.15. The Morgan fingerprint density at radius 1 is 1.50 bits per heavy atom. The number of nitrogens with one attached hydrogen (secondary N) is 1. The SMILES string of the molecule is COCc1cc(N)ccc1NCCO. The van der Waals surface area contributed by atoms with Crippen molar-refractivity contribution in [2.45, 2.75) is 6.61 Å². The van der Waals surface area contributed by atoms with Crippen LogP contribution in [0.15, 0.2) is 18.2 Å². The van der Waals surface area contributed by atoms with Crippen molar-refractivity contribution in [1.82, 2.24) is 0 Å². The second-order valence-corrected chi connectivity index (χ2v) is 3.00. The molecule has 0 bridgehead atoms. The van der Waals surface area contributed by atoms with E-state index in [4.69, 9.17) is 15.6 Å². The number of aliphatic hydroxyl groups excluding tert-OH is 1. The van der Waals surface area contributed by atoms with E-state index in [1.54, 1.807) is 7.11 Å². The van der Waals surface area contributed by atoms with E-state index in [0.29, 0.717) is 18.8 Å². The average molecular weight is 196 g/mol. The number of aliphatic hydroxyl groups is 1. The number of ether oxygens (including phenoxy) is 1. The first-order valence-electron chi connectivity index (χ1n) is 4.50. The molecule has 14 heavy (non-hydrogen) atoms. The van der Waals surface area contributed by atoms with Gasteiger partial charge in [0.25, 0.3) is 0 Å². The molecule has 0 saturated heterocycles. The first-order chi connectivity index (χ1) is 6.77. The molecule has 0 aliphatic rings. The molecule has 78 valence electrons. The first-order valence-corrected chi connectivity index (χ1v) is 4.50. The zero-order valence-corrected chi connectivity index (χ0v) is 8.29. The Labute approximate surface area is 83.7 Å². The van der Waals surface area contributed by atoms with E-state index >= 15 is 0 Å². The number of hydrogen-bond donors (Lipinski definition) is 3. The Balaban J connectivity index is 2.78. The summed E-state index contributed by atoms with van der Waals surface area (Å²) in [5.41, 5.74) is 8.32. The van der Waals surface area contributed by atoms with Gasteiger partial charge in [-0.05, 0) is 18.2 Å². The molecule has 1 rings (SSSR count).